The van der Waals surface area contributed by atoms with Crippen molar-refractivity contribution in [2.45, 2.75) is 52.7 Å². The molecule has 0 radical (unpaired) electrons. The Bertz CT molecular complexity index is 1050. The fourth-order valence-corrected chi connectivity index (χ4v) is 4.93. The van der Waals surface area contributed by atoms with E-state index in [1.165, 1.54) is 16.3 Å². The molecule has 0 bridgehead atoms. The van der Waals surface area contributed by atoms with Crippen molar-refractivity contribution in [3.63, 3.8) is 0 Å². The van der Waals surface area contributed by atoms with Crippen LogP contribution in [0, 0.1) is 11.8 Å². The summed E-state index contributed by atoms with van der Waals surface area (Å²) in [5.41, 5.74) is 1.56. The maximum atomic E-state index is 13.8. The molecule has 7 nitrogen and oxygen atoms in total. The number of esters is 1. The number of hydrogen-bond donors (Lipinski definition) is 0. The minimum atomic E-state index is -0.693. The van der Waals surface area contributed by atoms with Crippen molar-refractivity contribution in [1.29, 1.82) is 0 Å². The van der Waals surface area contributed by atoms with Crippen molar-refractivity contribution in [1.82, 2.24) is 9.47 Å². The van der Waals surface area contributed by atoms with Crippen molar-refractivity contribution in [3.05, 3.63) is 58.9 Å². The van der Waals surface area contributed by atoms with Crippen molar-refractivity contribution < 1.29 is 23.9 Å². The standard InChI is InChI=1S/C26H32N2O5/c1-5-32-24(30)20-16-28(25(31)33-26(2,3)4)21-12-11-18-14-27(13-17-9-7-6-8-10-17)15-19(18)23(29)22(20)21/h6-10,16,18-19H,5,11-15H2,1-4H3. The minimum absolute atomic E-state index is 0.0755. The largest absolute Gasteiger partial charge is 0.462 e. The van der Waals surface area contributed by atoms with Crippen molar-refractivity contribution in [3.8, 4) is 0 Å². The SMILES string of the molecule is CCOC(=O)c1cn(C(=O)OC(C)(C)C)c2c1C(=O)C1CN(Cc3ccccc3)CC1CC2. The van der Waals surface area contributed by atoms with Crippen LogP contribution in [0.4, 0.5) is 4.79 Å². The summed E-state index contributed by atoms with van der Waals surface area (Å²) in [5, 5.41) is 0. The zero-order chi connectivity index (χ0) is 23.8. The van der Waals surface area contributed by atoms with E-state index in [2.05, 4.69) is 17.0 Å². The third-order valence-electron chi connectivity index (χ3n) is 6.29. The van der Waals surface area contributed by atoms with E-state index in [1.807, 2.05) is 18.2 Å². The van der Waals surface area contributed by atoms with Gasteiger partial charge in [0.25, 0.3) is 0 Å². The Morgan fingerprint density at radius 2 is 1.85 bits per heavy atom. The van der Waals surface area contributed by atoms with Crippen molar-refractivity contribution >= 4 is 17.8 Å². The van der Waals surface area contributed by atoms with Gasteiger partial charge in [0.2, 0.25) is 0 Å². The van der Waals surface area contributed by atoms with E-state index >= 15 is 0 Å². The number of rotatable bonds is 4. The second-order valence-electron chi connectivity index (χ2n) is 9.88. The average molecular weight is 453 g/mol. The molecule has 0 saturated carbocycles. The highest BCUT2D eigenvalue weighted by Gasteiger charge is 2.43. The summed E-state index contributed by atoms with van der Waals surface area (Å²) in [6.45, 7) is 9.52. The van der Waals surface area contributed by atoms with Gasteiger partial charge in [0.1, 0.15) is 5.60 Å². The fraction of sp³-hybridized carbons (Fsp3) is 0.500. The fourth-order valence-electron chi connectivity index (χ4n) is 4.93. The highest BCUT2D eigenvalue weighted by atomic mass is 16.6. The van der Waals surface area contributed by atoms with Crippen LogP contribution >= 0.6 is 0 Å². The van der Waals surface area contributed by atoms with Crippen LogP contribution in [0.3, 0.4) is 0 Å². The van der Waals surface area contributed by atoms with E-state index in [1.54, 1.807) is 27.7 Å². The van der Waals surface area contributed by atoms with Gasteiger partial charge in [-0.3, -0.25) is 14.3 Å². The van der Waals surface area contributed by atoms with Gasteiger partial charge in [-0.15, -0.1) is 0 Å². The summed E-state index contributed by atoms with van der Waals surface area (Å²) in [6.07, 6.45) is 2.13. The Morgan fingerprint density at radius 3 is 2.52 bits per heavy atom. The van der Waals surface area contributed by atoms with E-state index < -0.39 is 17.7 Å². The van der Waals surface area contributed by atoms with Crippen LogP contribution in [0.25, 0.3) is 0 Å². The van der Waals surface area contributed by atoms with Gasteiger partial charge < -0.3 is 9.47 Å². The van der Waals surface area contributed by atoms with Gasteiger partial charge in [0.05, 0.1) is 17.7 Å². The summed E-state index contributed by atoms with van der Waals surface area (Å²) in [6, 6.07) is 10.2. The van der Waals surface area contributed by atoms with Crippen LogP contribution in [0.1, 0.15) is 66.1 Å². The molecule has 33 heavy (non-hydrogen) atoms. The van der Waals surface area contributed by atoms with Crippen molar-refractivity contribution in [2.24, 2.45) is 11.8 Å². The van der Waals surface area contributed by atoms with Crippen LogP contribution in [0.15, 0.2) is 36.5 Å². The number of carbonyl (C=O) groups is 3. The number of Topliss-reactive ketones (excluding diaryl/α,β-unsaturated/α-hetero) is 1. The molecule has 1 aliphatic heterocycles. The number of ketones is 1. The third kappa shape index (κ3) is 4.88. The molecule has 2 aromatic rings. The van der Waals surface area contributed by atoms with Crippen molar-refractivity contribution in [2.75, 3.05) is 19.7 Å². The normalized spacial score (nSPS) is 20.7. The molecule has 2 aliphatic rings. The monoisotopic (exact) mass is 452 g/mol. The molecule has 2 unspecified atom stereocenters. The van der Waals surface area contributed by atoms with Crippen LogP contribution in [0.5, 0.6) is 0 Å². The number of likely N-dealkylation sites (tertiary alicyclic amines) is 1. The number of carbonyl (C=O) groups excluding carboxylic acids is 3. The average Bonchev–Trinajstić information content (AvgIpc) is 3.30. The molecular weight excluding hydrogens is 420 g/mol. The Balaban J connectivity index is 1.65. The van der Waals surface area contributed by atoms with E-state index in [-0.39, 0.29) is 29.8 Å². The maximum Gasteiger partial charge on any atom is 0.418 e. The molecule has 0 spiro atoms. The molecule has 1 aliphatic carbocycles. The Labute approximate surface area is 194 Å². The quantitative estimate of drug-likeness (QED) is 0.643. The summed E-state index contributed by atoms with van der Waals surface area (Å²) in [5.74, 6) is -0.691. The number of aromatic nitrogens is 1. The third-order valence-corrected chi connectivity index (χ3v) is 6.29. The van der Waals surface area contributed by atoms with E-state index in [0.29, 0.717) is 24.2 Å². The summed E-state index contributed by atoms with van der Waals surface area (Å²) in [4.78, 5) is 41.7. The Morgan fingerprint density at radius 1 is 1.12 bits per heavy atom. The second-order valence-corrected chi connectivity index (χ2v) is 9.88. The Kier molecular flexibility index (Phi) is 6.43. The van der Waals surface area contributed by atoms with E-state index in [0.717, 1.165) is 19.5 Å². The molecule has 176 valence electrons. The molecule has 2 atom stereocenters. The molecule has 4 rings (SSSR count). The first-order chi connectivity index (χ1) is 15.7. The van der Waals surface area contributed by atoms with Crippen LogP contribution in [-0.4, -0.2) is 52.6 Å². The molecule has 7 heteroatoms. The van der Waals surface area contributed by atoms with E-state index in [9.17, 15) is 14.4 Å². The lowest BCUT2D eigenvalue weighted by atomic mass is 9.88. The predicted octanol–water partition coefficient (Wildman–Crippen LogP) is 4.33. The van der Waals surface area contributed by atoms with E-state index in [4.69, 9.17) is 9.47 Å². The predicted molar refractivity (Wildman–Crippen MR) is 123 cm³/mol. The molecule has 1 fully saturated rings. The number of benzene rings is 1. The summed E-state index contributed by atoms with van der Waals surface area (Å²) in [7, 11) is 0. The first kappa shape index (κ1) is 23.2. The van der Waals surface area contributed by atoms with Gasteiger partial charge in [-0.05, 0) is 52.0 Å². The molecule has 2 heterocycles. The molecular formula is C26H32N2O5. The highest BCUT2D eigenvalue weighted by Crippen LogP contribution is 2.37. The van der Waals surface area contributed by atoms with Crippen LogP contribution in [-0.2, 0) is 22.4 Å². The molecule has 1 aromatic heterocycles. The molecule has 1 saturated heterocycles. The van der Waals surface area contributed by atoms with Gasteiger partial charge in [0, 0.05) is 37.4 Å². The lowest BCUT2D eigenvalue weighted by molar-refractivity contribution is 0.0521. The molecule has 0 N–H and O–H groups in total. The topological polar surface area (TPSA) is 77.8 Å². The number of ether oxygens (including phenoxy) is 2. The summed E-state index contributed by atoms with van der Waals surface area (Å²) >= 11 is 0. The highest BCUT2D eigenvalue weighted by molar-refractivity contribution is 6.09. The minimum Gasteiger partial charge on any atom is -0.462 e. The number of hydrogen-bond acceptors (Lipinski definition) is 6. The number of fused-ring (bicyclic) bond motifs is 2. The smallest absolute Gasteiger partial charge is 0.418 e. The second kappa shape index (κ2) is 9.14. The van der Waals surface area contributed by atoms with Gasteiger partial charge in [-0.2, -0.15) is 0 Å². The first-order valence-corrected chi connectivity index (χ1v) is 11.6. The van der Waals surface area contributed by atoms with Gasteiger partial charge in [-0.1, -0.05) is 30.3 Å². The zero-order valence-electron chi connectivity index (χ0n) is 19.8. The maximum absolute atomic E-state index is 13.8. The lowest BCUT2D eigenvalue weighted by Gasteiger charge is -2.20. The zero-order valence-corrected chi connectivity index (χ0v) is 19.8. The van der Waals surface area contributed by atoms with Gasteiger partial charge >= 0.3 is 12.1 Å². The molecule has 0 amide bonds. The molecule has 1 aromatic carbocycles. The van der Waals surface area contributed by atoms with Crippen LogP contribution < -0.4 is 0 Å². The first-order valence-electron chi connectivity index (χ1n) is 11.6. The van der Waals surface area contributed by atoms with Crippen LogP contribution in [0.2, 0.25) is 0 Å². The summed E-state index contributed by atoms with van der Waals surface area (Å²) < 4.78 is 12.1. The number of nitrogens with zero attached hydrogens (tertiary/aromatic N) is 2. The lowest BCUT2D eigenvalue weighted by Crippen LogP contribution is -2.28. The van der Waals surface area contributed by atoms with Gasteiger partial charge in [0.15, 0.2) is 5.78 Å². The van der Waals surface area contributed by atoms with Gasteiger partial charge in [-0.25, -0.2) is 9.59 Å². The Hall–Kier alpha value is -2.93.